The van der Waals surface area contributed by atoms with Crippen molar-refractivity contribution in [1.29, 1.82) is 0 Å². The van der Waals surface area contributed by atoms with Crippen LogP contribution in [-0.2, 0) is 0 Å². The Kier molecular flexibility index (Phi) is 7.08. The Bertz CT molecular complexity index is 1030. The van der Waals surface area contributed by atoms with Crippen molar-refractivity contribution in [1.82, 2.24) is 9.97 Å². The summed E-state index contributed by atoms with van der Waals surface area (Å²) in [7, 11) is 4.53. The SMILES string of the molecule is COc1cc2ncnc(Nc3cc(I)ccc3C(=O)O)c2c(OC)c1OC.Cl. The second kappa shape index (κ2) is 9.11. The highest BCUT2D eigenvalue weighted by Gasteiger charge is 2.21. The summed E-state index contributed by atoms with van der Waals surface area (Å²) in [6.07, 6.45) is 1.38. The summed E-state index contributed by atoms with van der Waals surface area (Å²) < 4.78 is 17.2. The number of aromatic carboxylic acids is 1. The minimum absolute atomic E-state index is 0. The van der Waals surface area contributed by atoms with E-state index in [1.54, 1.807) is 18.2 Å². The molecular formula is C18H17ClIN3O5. The van der Waals surface area contributed by atoms with Crippen LogP contribution in [0.25, 0.3) is 10.9 Å². The van der Waals surface area contributed by atoms with Gasteiger partial charge in [-0.3, -0.25) is 0 Å². The van der Waals surface area contributed by atoms with Gasteiger partial charge in [0.1, 0.15) is 12.1 Å². The largest absolute Gasteiger partial charge is 0.493 e. The molecule has 0 fully saturated rings. The van der Waals surface area contributed by atoms with Gasteiger partial charge in [-0.15, -0.1) is 12.4 Å². The molecule has 3 rings (SSSR count). The van der Waals surface area contributed by atoms with Gasteiger partial charge in [-0.25, -0.2) is 14.8 Å². The van der Waals surface area contributed by atoms with Crippen LogP contribution in [0.15, 0.2) is 30.6 Å². The average Bonchev–Trinajstić information content (AvgIpc) is 2.66. The number of rotatable bonds is 6. The maximum atomic E-state index is 11.6. The normalized spacial score (nSPS) is 10.1. The number of nitrogens with one attached hydrogen (secondary N) is 1. The van der Waals surface area contributed by atoms with Crippen LogP contribution in [-0.4, -0.2) is 42.4 Å². The van der Waals surface area contributed by atoms with Crippen LogP contribution < -0.4 is 19.5 Å². The van der Waals surface area contributed by atoms with Crippen LogP contribution in [0.2, 0.25) is 0 Å². The molecule has 148 valence electrons. The molecule has 0 saturated carbocycles. The third-order valence-electron chi connectivity index (χ3n) is 3.89. The Balaban J connectivity index is 0.00000280. The summed E-state index contributed by atoms with van der Waals surface area (Å²) in [5, 5.41) is 13.1. The molecule has 0 radical (unpaired) electrons. The third kappa shape index (κ3) is 3.99. The highest BCUT2D eigenvalue weighted by atomic mass is 127. The number of anilines is 2. The Labute approximate surface area is 180 Å². The molecule has 0 atom stereocenters. The molecule has 2 aromatic carbocycles. The van der Waals surface area contributed by atoms with Crippen LogP contribution in [0.3, 0.4) is 0 Å². The van der Waals surface area contributed by atoms with Gasteiger partial charge in [-0.1, -0.05) is 0 Å². The van der Waals surface area contributed by atoms with Gasteiger partial charge in [0.25, 0.3) is 0 Å². The first-order chi connectivity index (χ1) is 13.0. The third-order valence-corrected chi connectivity index (χ3v) is 4.57. The predicted molar refractivity (Wildman–Crippen MR) is 116 cm³/mol. The lowest BCUT2D eigenvalue weighted by molar-refractivity contribution is 0.0698. The highest BCUT2D eigenvalue weighted by Crippen LogP contribution is 2.45. The van der Waals surface area contributed by atoms with Crippen molar-refractivity contribution >= 4 is 63.4 Å². The average molecular weight is 518 g/mol. The Morgan fingerprint density at radius 3 is 2.39 bits per heavy atom. The molecule has 0 bridgehead atoms. The topological polar surface area (TPSA) is 103 Å². The molecule has 2 N–H and O–H groups in total. The maximum Gasteiger partial charge on any atom is 0.337 e. The van der Waals surface area contributed by atoms with Crippen LogP contribution in [0.5, 0.6) is 17.2 Å². The number of ether oxygens (including phenoxy) is 3. The lowest BCUT2D eigenvalue weighted by Gasteiger charge is -2.17. The van der Waals surface area contributed by atoms with Gasteiger partial charge in [0, 0.05) is 9.64 Å². The molecule has 0 aliphatic carbocycles. The van der Waals surface area contributed by atoms with Crippen molar-refractivity contribution in [3.8, 4) is 17.2 Å². The maximum absolute atomic E-state index is 11.6. The van der Waals surface area contributed by atoms with Gasteiger partial charge >= 0.3 is 5.97 Å². The number of carboxylic acid groups (broad SMARTS) is 1. The van der Waals surface area contributed by atoms with E-state index < -0.39 is 5.97 Å². The smallest absolute Gasteiger partial charge is 0.337 e. The van der Waals surface area contributed by atoms with E-state index in [2.05, 4.69) is 37.9 Å². The molecule has 1 aromatic heterocycles. The molecule has 0 spiro atoms. The lowest BCUT2D eigenvalue weighted by atomic mass is 10.1. The number of carbonyl (C=O) groups is 1. The lowest BCUT2D eigenvalue weighted by Crippen LogP contribution is -2.05. The van der Waals surface area contributed by atoms with E-state index in [1.807, 2.05) is 0 Å². The molecule has 1 heterocycles. The van der Waals surface area contributed by atoms with Crippen molar-refractivity contribution in [3.63, 3.8) is 0 Å². The van der Waals surface area contributed by atoms with Crippen LogP contribution in [0.4, 0.5) is 11.5 Å². The standard InChI is InChI=1S/C18H16IN3O5.ClH/c1-25-13-7-12-14(16(27-3)15(13)26-2)17(21-8-20-12)22-11-6-9(19)4-5-10(11)18(23)24;/h4-8H,1-3H3,(H,23,24)(H,20,21,22);1H. The van der Waals surface area contributed by atoms with E-state index in [0.29, 0.717) is 39.7 Å². The second-order valence-corrected chi connectivity index (χ2v) is 6.63. The minimum atomic E-state index is -1.04. The van der Waals surface area contributed by atoms with Gasteiger partial charge in [-0.05, 0) is 40.8 Å². The number of hydrogen-bond acceptors (Lipinski definition) is 7. The van der Waals surface area contributed by atoms with E-state index in [-0.39, 0.29) is 18.0 Å². The predicted octanol–water partition coefficient (Wildman–Crippen LogP) is 4.12. The number of halogens is 2. The van der Waals surface area contributed by atoms with E-state index >= 15 is 0 Å². The number of fused-ring (bicyclic) bond motifs is 1. The van der Waals surface area contributed by atoms with Gasteiger partial charge in [0.05, 0.1) is 43.5 Å². The first-order valence-electron chi connectivity index (χ1n) is 7.73. The Hall–Kier alpha value is -2.53. The quantitative estimate of drug-likeness (QED) is 0.471. The molecule has 0 aliphatic heterocycles. The van der Waals surface area contributed by atoms with Crippen molar-refractivity contribution in [2.45, 2.75) is 0 Å². The minimum Gasteiger partial charge on any atom is -0.493 e. The molecule has 0 amide bonds. The second-order valence-electron chi connectivity index (χ2n) is 5.38. The molecule has 3 aromatic rings. The number of aromatic nitrogens is 2. The van der Waals surface area contributed by atoms with Gasteiger partial charge in [0.2, 0.25) is 5.75 Å². The molecule has 0 unspecified atom stereocenters. The molecule has 28 heavy (non-hydrogen) atoms. The van der Waals surface area contributed by atoms with Crippen molar-refractivity contribution in [3.05, 3.63) is 39.7 Å². The van der Waals surface area contributed by atoms with Crippen molar-refractivity contribution in [2.24, 2.45) is 0 Å². The Morgan fingerprint density at radius 2 is 1.79 bits per heavy atom. The Morgan fingerprint density at radius 1 is 1.07 bits per heavy atom. The first kappa shape index (κ1) is 21.8. The molecular weight excluding hydrogens is 501 g/mol. The van der Waals surface area contributed by atoms with Crippen molar-refractivity contribution < 1.29 is 24.1 Å². The monoisotopic (exact) mass is 517 g/mol. The van der Waals surface area contributed by atoms with Gasteiger partial charge in [-0.2, -0.15) is 0 Å². The number of benzene rings is 2. The summed E-state index contributed by atoms with van der Waals surface area (Å²) in [6, 6.07) is 6.69. The fourth-order valence-electron chi connectivity index (χ4n) is 2.72. The van der Waals surface area contributed by atoms with E-state index in [4.69, 9.17) is 14.2 Å². The summed E-state index contributed by atoms with van der Waals surface area (Å²) in [5.74, 6) is 0.594. The summed E-state index contributed by atoms with van der Waals surface area (Å²) >= 11 is 2.11. The molecule has 0 aliphatic rings. The molecule has 8 nitrogen and oxygen atoms in total. The van der Waals surface area contributed by atoms with Crippen molar-refractivity contribution in [2.75, 3.05) is 26.6 Å². The van der Waals surface area contributed by atoms with Crippen LogP contribution in [0, 0.1) is 3.57 Å². The van der Waals surface area contributed by atoms with Crippen LogP contribution in [0.1, 0.15) is 10.4 Å². The van der Waals surface area contributed by atoms with E-state index in [1.165, 1.54) is 33.7 Å². The van der Waals surface area contributed by atoms with Crippen LogP contribution >= 0.6 is 35.0 Å². The zero-order valence-corrected chi connectivity index (χ0v) is 18.1. The molecule has 10 heteroatoms. The highest BCUT2D eigenvalue weighted by molar-refractivity contribution is 14.1. The van der Waals surface area contributed by atoms with E-state index in [0.717, 1.165) is 3.57 Å². The number of methoxy groups -OCH3 is 3. The number of hydrogen-bond donors (Lipinski definition) is 2. The van der Waals surface area contributed by atoms with E-state index in [9.17, 15) is 9.90 Å². The number of nitrogens with zero attached hydrogens (tertiary/aromatic N) is 2. The van der Waals surface area contributed by atoms with Gasteiger partial charge in [0.15, 0.2) is 11.5 Å². The summed E-state index contributed by atoms with van der Waals surface area (Å²) in [4.78, 5) is 20.1. The fraction of sp³-hybridized carbons (Fsp3) is 0.167. The zero-order chi connectivity index (χ0) is 19.6. The molecule has 0 saturated heterocycles. The van der Waals surface area contributed by atoms with Gasteiger partial charge < -0.3 is 24.6 Å². The summed E-state index contributed by atoms with van der Waals surface area (Å²) in [5.41, 5.74) is 1.09. The fourth-order valence-corrected chi connectivity index (χ4v) is 3.21. The summed E-state index contributed by atoms with van der Waals surface area (Å²) in [6.45, 7) is 0. The zero-order valence-electron chi connectivity index (χ0n) is 15.1. The number of carboxylic acids is 1. The first-order valence-corrected chi connectivity index (χ1v) is 8.81.